The molecule has 1 heterocycles. The van der Waals surface area contributed by atoms with Crippen LogP contribution in [0.4, 0.5) is 0 Å². The van der Waals surface area contributed by atoms with Crippen molar-refractivity contribution in [1.82, 2.24) is 0 Å². The highest BCUT2D eigenvalue weighted by Gasteiger charge is 2.13. The normalized spacial score (nSPS) is 21.8. The lowest BCUT2D eigenvalue weighted by Crippen LogP contribution is -2.46. The van der Waals surface area contributed by atoms with Crippen molar-refractivity contribution in [1.29, 1.82) is 0 Å². The highest BCUT2D eigenvalue weighted by atomic mass is 35.5. The van der Waals surface area contributed by atoms with Crippen LogP contribution < -0.4 is 0 Å². The number of alkyl halides is 2. The molecule has 0 aromatic carbocycles. The van der Waals surface area contributed by atoms with Crippen molar-refractivity contribution in [3.8, 4) is 0 Å². The van der Waals surface area contributed by atoms with Gasteiger partial charge in [-0.2, -0.15) is 0 Å². The molecule has 0 bridgehead atoms. The number of morpholine rings is 1. The van der Waals surface area contributed by atoms with Gasteiger partial charge < -0.3 is 14.6 Å². The zero-order valence-electron chi connectivity index (χ0n) is 6.56. The van der Waals surface area contributed by atoms with Crippen molar-refractivity contribution in [2.24, 2.45) is 0 Å². The first-order valence-electron chi connectivity index (χ1n) is 3.37. The molecule has 68 valence electrons. The Hall–Kier alpha value is 0.460. The van der Waals surface area contributed by atoms with Crippen LogP contribution in [-0.4, -0.2) is 43.3 Å². The predicted molar refractivity (Wildman–Crippen MR) is 46.7 cm³/mol. The first-order valence-corrected chi connectivity index (χ1v) is 4.44. The molecule has 0 N–H and O–H groups in total. The molecule has 1 aliphatic rings. The van der Waals surface area contributed by atoms with Crippen molar-refractivity contribution in [3.05, 3.63) is 5.21 Å². The first kappa shape index (κ1) is 11.5. The van der Waals surface area contributed by atoms with Gasteiger partial charge in [-0.1, -0.05) is 0 Å². The van der Waals surface area contributed by atoms with E-state index >= 15 is 0 Å². The molecule has 5 heteroatoms. The van der Waals surface area contributed by atoms with Crippen molar-refractivity contribution < 1.29 is 9.38 Å². The van der Waals surface area contributed by atoms with Gasteiger partial charge in [0.15, 0.2) is 0 Å². The van der Waals surface area contributed by atoms with Gasteiger partial charge in [0, 0.05) is 0 Å². The summed E-state index contributed by atoms with van der Waals surface area (Å²) in [5, 5.41) is 11.2. The van der Waals surface area contributed by atoms with Gasteiger partial charge in [0.2, 0.25) is 0 Å². The third-order valence-electron chi connectivity index (χ3n) is 1.42. The van der Waals surface area contributed by atoms with E-state index in [1.165, 1.54) is 0 Å². The minimum atomic E-state index is -0.125. The molecule has 0 amide bonds. The van der Waals surface area contributed by atoms with Gasteiger partial charge in [0.25, 0.3) is 0 Å². The van der Waals surface area contributed by atoms with Crippen molar-refractivity contribution >= 4 is 23.2 Å². The van der Waals surface area contributed by atoms with Crippen LogP contribution in [0, 0.1) is 5.21 Å². The molecule has 0 aromatic rings. The maximum atomic E-state index is 11.0. The van der Waals surface area contributed by atoms with Crippen molar-refractivity contribution in [3.63, 3.8) is 0 Å². The second-order valence-electron chi connectivity index (χ2n) is 2.46. The number of quaternary nitrogens is 1. The molecule has 1 fully saturated rings. The predicted octanol–water partition coefficient (Wildman–Crippen LogP) is 1.38. The number of ether oxygens (including phenoxy) is 1. The summed E-state index contributed by atoms with van der Waals surface area (Å²) in [4.78, 5) is 0. The smallest absolute Gasteiger partial charge is 0.102 e. The molecule has 0 unspecified atom stereocenters. The molecule has 1 aliphatic heterocycles. The number of hydroxylamine groups is 3. The van der Waals surface area contributed by atoms with Gasteiger partial charge in [-0.05, 0) is 0 Å². The van der Waals surface area contributed by atoms with Crippen LogP contribution in [0.5, 0.6) is 0 Å². The fourth-order valence-corrected chi connectivity index (χ4v) is 0.729. The second-order valence-corrected chi connectivity index (χ2v) is 3.27. The van der Waals surface area contributed by atoms with Crippen LogP contribution in [0.1, 0.15) is 0 Å². The van der Waals surface area contributed by atoms with Gasteiger partial charge in [-0.25, -0.2) is 0 Å². The fourth-order valence-electron chi connectivity index (χ4n) is 0.729. The van der Waals surface area contributed by atoms with Crippen LogP contribution >= 0.6 is 23.2 Å². The Morgan fingerprint density at radius 3 is 1.91 bits per heavy atom. The van der Waals surface area contributed by atoms with Crippen LogP contribution in [-0.2, 0) is 4.74 Å². The van der Waals surface area contributed by atoms with Gasteiger partial charge in [-0.3, -0.25) is 0 Å². The fraction of sp³-hybridized carbons (Fsp3) is 1.00. The van der Waals surface area contributed by atoms with Crippen LogP contribution in [0.25, 0.3) is 0 Å². The largest absolute Gasteiger partial charge is 0.633 e. The molecule has 0 saturated carbocycles. The van der Waals surface area contributed by atoms with Gasteiger partial charge >= 0.3 is 0 Å². The molecule has 3 nitrogen and oxygen atoms in total. The Balaban J connectivity index is 0.000000292. The summed E-state index contributed by atoms with van der Waals surface area (Å²) in [6.07, 6.45) is 0. The number of halogens is 2. The monoisotopic (exact) mass is 201 g/mol. The standard InChI is InChI=1S/C5H11NO2.CH2Cl2/c1-6(7)2-4-8-5-3-6;2-1-3/h2-5H2,1H3;1H2. The van der Waals surface area contributed by atoms with E-state index in [0.29, 0.717) is 26.3 Å². The third kappa shape index (κ3) is 6.84. The average Bonchev–Trinajstić information content (AvgIpc) is 1.88. The van der Waals surface area contributed by atoms with Crippen LogP contribution in [0.2, 0.25) is 0 Å². The number of rotatable bonds is 0. The highest BCUT2D eigenvalue weighted by molar-refractivity contribution is 6.40. The molecule has 0 atom stereocenters. The molecule has 1 rings (SSSR count). The molecule has 11 heavy (non-hydrogen) atoms. The van der Waals surface area contributed by atoms with E-state index < -0.39 is 0 Å². The number of likely N-dealkylation sites (N-methyl/N-ethyl adjacent to an activating group) is 1. The lowest BCUT2D eigenvalue weighted by atomic mass is 10.4. The second kappa shape index (κ2) is 6.03. The van der Waals surface area contributed by atoms with Gasteiger partial charge in [0.1, 0.15) is 13.1 Å². The van der Waals surface area contributed by atoms with E-state index in [1.807, 2.05) is 0 Å². The van der Waals surface area contributed by atoms with E-state index in [1.54, 1.807) is 7.05 Å². The maximum Gasteiger partial charge on any atom is 0.102 e. The Bertz CT molecular complexity index is 92.6. The first-order chi connectivity index (χ1) is 5.12. The quantitative estimate of drug-likeness (QED) is 0.337. The van der Waals surface area contributed by atoms with Crippen LogP contribution in [0.3, 0.4) is 0 Å². The SMILES string of the molecule is C[N+]1([O-])CCOCC1.ClCCl. The molecule has 0 aromatic heterocycles. The molecule has 1 saturated heterocycles. The average molecular weight is 202 g/mol. The summed E-state index contributed by atoms with van der Waals surface area (Å²) in [6, 6.07) is 0. The summed E-state index contributed by atoms with van der Waals surface area (Å²) in [7, 11) is 1.68. The van der Waals surface area contributed by atoms with E-state index in [4.69, 9.17) is 27.9 Å². The Kier molecular flexibility index (Phi) is 6.28. The molecule has 0 radical (unpaired) electrons. The molecule has 0 aliphatic carbocycles. The third-order valence-corrected chi connectivity index (χ3v) is 1.42. The lowest BCUT2D eigenvalue weighted by Gasteiger charge is -2.41. The van der Waals surface area contributed by atoms with E-state index in [-0.39, 0.29) is 9.99 Å². The summed E-state index contributed by atoms with van der Waals surface area (Å²) in [5.41, 5.74) is 0. The van der Waals surface area contributed by atoms with E-state index in [9.17, 15) is 5.21 Å². The summed E-state index contributed by atoms with van der Waals surface area (Å²) in [5.74, 6) is 0. The number of nitrogens with zero attached hydrogens (tertiary/aromatic N) is 1. The molecule has 0 spiro atoms. The Labute approximate surface area is 77.0 Å². The minimum absolute atomic E-state index is 0.125. The van der Waals surface area contributed by atoms with Gasteiger partial charge in [0.05, 0.1) is 25.6 Å². The highest BCUT2D eigenvalue weighted by Crippen LogP contribution is 2.02. The zero-order valence-corrected chi connectivity index (χ0v) is 8.07. The molecular weight excluding hydrogens is 189 g/mol. The minimum Gasteiger partial charge on any atom is -0.633 e. The topological polar surface area (TPSA) is 32.3 Å². The van der Waals surface area contributed by atoms with Crippen molar-refractivity contribution in [2.75, 3.05) is 38.7 Å². The van der Waals surface area contributed by atoms with E-state index in [2.05, 4.69) is 0 Å². The van der Waals surface area contributed by atoms with E-state index in [0.717, 1.165) is 0 Å². The summed E-state index contributed by atoms with van der Waals surface area (Å²) < 4.78 is 4.86. The summed E-state index contributed by atoms with van der Waals surface area (Å²) in [6.45, 7) is 2.47. The van der Waals surface area contributed by atoms with Gasteiger partial charge in [-0.15, -0.1) is 23.2 Å². The number of hydrogen-bond acceptors (Lipinski definition) is 2. The van der Waals surface area contributed by atoms with Crippen molar-refractivity contribution in [2.45, 2.75) is 0 Å². The Morgan fingerprint density at radius 1 is 1.36 bits per heavy atom. The zero-order chi connectivity index (χ0) is 8.74. The number of hydrogen-bond donors (Lipinski definition) is 0. The lowest BCUT2D eigenvalue weighted by molar-refractivity contribution is -0.869. The summed E-state index contributed by atoms with van der Waals surface area (Å²) >= 11 is 9.53. The van der Waals surface area contributed by atoms with Crippen LogP contribution in [0.15, 0.2) is 0 Å². The maximum absolute atomic E-state index is 11.0. The molecular formula is C6H13Cl2NO2. The Morgan fingerprint density at radius 2 is 1.73 bits per heavy atom.